The molecule has 0 bridgehead atoms. The van der Waals surface area contributed by atoms with Crippen LogP contribution in [0.1, 0.15) is 56.1 Å². The summed E-state index contributed by atoms with van der Waals surface area (Å²) >= 11 is 0. The first-order chi connectivity index (χ1) is 12.4. The van der Waals surface area contributed by atoms with Crippen molar-refractivity contribution in [1.29, 1.82) is 0 Å². The van der Waals surface area contributed by atoms with Gasteiger partial charge in [-0.05, 0) is 38.8 Å². The first-order valence-electron chi connectivity index (χ1n) is 9.02. The van der Waals surface area contributed by atoms with E-state index in [4.69, 9.17) is 18.6 Å². The Bertz CT molecular complexity index is 734. The second-order valence-corrected chi connectivity index (χ2v) is 7.09. The van der Waals surface area contributed by atoms with Crippen molar-refractivity contribution in [3.05, 3.63) is 59.5 Å². The van der Waals surface area contributed by atoms with Gasteiger partial charge in [-0.2, -0.15) is 0 Å². The van der Waals surface area contributed by atoms with Gasteiger partial charge >= 0.3 is 5.97 Å². The van der Waals surface area contributed by atoms with Crippen molar-refractivity contribution in [2.45, 2.75) is 58.0 Å². The van der Waals surface area contributed by atoms with Crippen LogP contribution in [-0.2, 0) is 19.0 Å². The summed E-state index contributed by atoms with van der Waals surface area (Å²) < 4.78 is 23.0. The lowest BCUT2D eigenvalue weighted by molar-refractivity contribution is -0.173. The fourth-order valence-corrected chi connectivity index (χ4v) is 3.27. The van der Waals surface area contributed by atoms with Crippen LogP contribution in [0, 0.1) is 6.92 Å². The molecule has 5 heteroatoms. The van der Waals surface area contributed by atoms with E-state index in [9.17, 15) is 4.79 Å². The molecule has 0 unspecified atom stereocenters. The number of hydrogen-bond acceptors (Lipinski definition) is 5. The molecule has 1 fully saturated rings. The van der Waals surface area contributed by atoms with E-state index in [-0.39, 0.29) is 18.0 Å². The molecular weight excluding hydrogens is 332 g/mol. The smallest absolute Gasteiger partial charge is 0.314 e. The third-order valence-corrected chi connectivity index (χ3v) is 4.59. The van der Waals surface area contributed by atoms with E-state index in [0.717, 1.165) is 16.9 Å². The molecule has 2 heterocycles. The van der Waals surface area contributed by atoms with E-state index in [1.54, 1.807) is 6.26 Å². The zero-order chi connectivity index (χ0) is 18.7. The van der Waals surface area contributed by atoms with Crippen molar-refractivity contribution < 1.29 is 23.4 Å². The summed E-state index contributed by atoms with van der Waals surface area (Å²) in [7, 11) is 0. The fraction of sp³-hybridized carbons (Fsp3) is 0.476. The summed E-state index contributed by atoms with van der Waals surface area (Å²) in [6.45, 7) is 7.90. The Kier molecular flexibility index (Phi) is 5.49. The predicted molar refractivity (Wildman–Crippen MR) is 96.7 cm³/mol. The van der Waals surface area contributed by atoms with E-state index in [1.165, 1.54) is 0 Å². The van der Waals surface area contributed by atoms with Gasteiger partial charge < -0.3 is 18.6 Å². The molecule has 3 atom stereocenters. The van der Waals surface area contributed by atoms with Gasteiger partial charge in [0.2, 0.25) is 0 Å². The van der Waals surface area contributed by atoms with Gasteiger partial charge in [-0.25, -0.2) is 0 Å². The van der Waals surface area contributed by atoms with Crippen molar-refractivity contribution in [1.82, 2.24) is 0 Å². The number of benzene rings is 1. The summed E-state index contributed by atoms with van der Waals surface area (Å²) in [4.78, 5) is 12.9. The van der Waals surface area contributed by atoms with Crippen LogP contribution in [0.3, 0.4) is 0 Å². The van der Waals surface area contributed by atoms with Crippen molar-refractivity contribution in [2.24, 2.45) is 0 Å². The third kappa shape index (κ3) is 4.17. The average Bonchev–Trinajstić information content (AvgIpc) is 3.19. The van der Waals surface area contributed by atoms with Crippen LogP contribution in [0.2, 0.25) is 0 Å². The zero-order valence-corrected chi connectivity index (χ0v) is 15.7. The van der Waals surface area contributed by atoms with Crippen LogP contribution < -0.4 is 0 Å². The molecule has 1 aromatic heterocycles. The second kappa shape index (κ2) is 7.64. The molecule has 2 aromatic rings. The summed E-state index contributed by atoms with van der Waals surface area (Å²) in [5, 5.41) is 0. The highest BCUT2D eigenvalue weighted by Crippen LogP contribution is 2.35. The maximum atomic E-state index is 12.9. The molecule has 0 aliphatic carbocycles. The van der Waals surface area contributed by atoms with Crippen molar-refractivity contribution in [2.75, 3.05) is 6.61 Å². The Morgan fingerprint density at radius 1 is 1.27 bits per heavy atom. The highest BCUT2D eigenvalue weighted by atomic mass is 16.8. The molecule has 26 heavy (non-hydrogen) atoms. The highest BCUT2D eigenvalue weighted by Gasteiger charge is 2.41. The molecule has 1 saturated heterocycles. The van der Waals surface area contributed by atoms with Gasteiger partial charge in [0, 0.05) is 5.56 Å². The molecule has 140 valence electrons. The van der Waals surface area contributed by atoms with E-state index >= 15 is 0 Å². The van der Waals surface area contributed by atoms with E-state index in [1.807, 2.05) is 64.1 Å². The minimum atomic E-state index is -0.697. The minimum absolute atomic E-state index is 0.268. The summed E-state index contributed by atoms with van der Waals surface area (Å²) in [6.07, 6.45) is 1.33. The van der Waals surface area contributed by atoms with Gasteiger partial charge in [-0.3, -0.25) is 4.79 Å². The maximum absolute atomic E-state index is 12.9. The van der Waals surface area contributed by atoms with Crippen LogP contribution >= 0.6 is 0 Å². The Labute approximate surface area is 154 Å². The Balaban J connectivity index is 1.82. The number of carbonyl (C=O) groups is 1. The molecule has 5 nitrogen and oxygen atoms in total. The average molecular weight is 358 g/mol. The van der Waals surface area contributed by atoms with Crippen molar-refractivity contribution in [3.63, 3.8) is 0 Å². The zero-order valence-electron chi connectivity index (χ0n) is 15.7. The maximum Gasteiger partial charge on any atom is 0.314 e. The topological polar surface area (TPSA) is 57.9 Å². The van der Waals surface area contributed by atoms with Crippen LogP contribution in [0.4, 0.5) is 0 Å². The standard InChI is InChI=1S/C21H26O5/c1-5-17(15-9-7-6-8-10-15)20(22)25-19(16-11-14(2)23-12-16)18-13-24-21(3,4)26-18/h6-12,17-19H,5,13H2,1-4H3/t17-,18-,19-/m1/s1. The van der Waals surface area contributed by atoms with Gasteiger partial charge in [-0.1, -0.05) is 37.3 Å². The lowest BCUT2D eigenvalue weighted by Gasteiger charge is -2.25. The molecule has 0 N–H and O–H groups in total. The summed E-state index contributed by atoms with van der Waals surface area (Å²) in [5.41, 5.74) is 1.73. The number of rotatable bonds is 6. The Hall–Kier alpha value is -2.11. The van der Waals surface area contributed by atoms with Crippen LogP contribution in [-0.4, -0.2) is 24.5 Å². The fourth-order valence-electron chi connectivity index (χ4n) is 3.27. The van der Waals surface area contributed by atoms with Gasteiger partial charge in [0.15, 0.2) is 11.9 Å². The number of aryl methyl sites for hydroxylation is 1. The van der Waals surface area contributed by atoms with E-state index in [2.05, 4.69) is 0 Å². The van der Waals surface area contributed by atoms with Crippen LogP contribution in [0.5, 0.6) is 0 Å². The first kappa shape index (κ1) is 18.7. The highest BCUT2D eigenvalue weighted by molar-refractivity contribution is 5.78. The molecule has 1 aliphatic heterocycles. The van der Waals surface area contributed by atoms with Crippen molar-refractivity contribution >= 4 is 5.97 Å². The monoisotopic (exact) mass is 358 g/mol. The van der Waals surface area contributed by atoms with Gasteiger partial charge in [0.25, 0.3) is 0 Å². The third-order valence-electron chi connectivity index (χ3n) is 4.59. The van der Waals surface area contributed by atoms with Crippen molar-refractivity contribution in [3.8, 4) is 0 Å². The quantitative estimate of drug-likeness (QED) is 0.711. The normalized spacial score (nSPS) is 21.3. The molecular formula is C21H26O5. The number of esters is 1. The molecule has 0 saturated carbocycles. The minimum Gasteiger partial charge on any atom is -0.469 e. The van der Waals surface area contributed by atoms with Gasteiger partial charge in [0.05, 0.1) is 18.8 Å². The van der Waals surface area contributed by atoms with Gasteiger partial charge in [0.1, 0.15) is 11.9 Å². The molecule has 3 rings (SSSR count). The second-order valence-electron chi connectivity index (χ2n) is 7.09. The lowest BCUT2D eigenvalue weighted by atomic mass is 9.96. The van der Waals surface area contributed by atoms with E-state index in [0.29, 0.717) is 13.0 Å². The number of furan rings is 1. The lowest BCUT2D eigenvalue weighted by Crippen LogP contribution is -2.30. The molecule has 0 amide bonds. The molecule has 1 aliphatic rings. The predicted octanol–water partition coefficient (Wildman–Crippen LogP) is 4.52. The number of hydrogen-bond donors (Lipinski definition) is 0. The molecule has 0 radical (unpaired) electrons. The Morgan fingerprint density at radius 2 is 2.00 bits per heavy atom. The molecule has 1 aromatic carbocycles. The van der Waals surface area contributed by atoms with E-state index < -0.39 is 11.9 Å². The van der Waals surface area contributed by atoms with Gasteiger partial charge in [-0.15, -0.1) is 0 Å². The van der Waals surface area contributed by atoms with Crippen LogP contribution in [0.25, 0.3) is 0 Å². The largest absolute Gasteiger partial charge is 0.469 e. The summed E-state index contributed by atoms with van der Waals surface area (Å²) in [6, 6.07) is 11.6. The number of carbonyl (C=O) groups excluding carboxylic acids is 1. The number of ether oxygens (including phenoxy) is 3. The SMILES string of the molecule is CC[C@@H](C(=O)O[C@H](c1coc(C)c1)[C@H]1COC(C)(C)O1)c1ccccc1. The Morgan fingerprint density at radius 3 is 2.54 bits per heavy atom. The van der Waals surface area contributed by atoms with Crippen LogP contribution in [0.15, 0.2) is 47.1 Å². The summed E-state index contributed by atoms with van der Waals surface area (Å²) in [5.74, 6) is -0.523. The molecule has 0 spiro atoms. The first-order valence-corrected chi connectivity index (χ1v) is 9.02.